The maximum Gasteiger partial charge on any atom is 0.239 e. The Bertz CT molecular complexity index is 345. The van der Waals surface area contributed by atoms with E-state index < -0.39 is 5.54 Å². The number of hydrogen-bond donors (Lipinski definition) is 2. The number of carbonyl (C=O) groups is 1. The molecule has 1 amide bonds. The molecule has 5 heteroatoms. The zero-order chi connectivity index (χ0) is 14.8. The summed E-state index contributed by atoms with van der Waals surface area (Å²) in [6, 6.07) is 0.593. The van der Waals surface area contributed by atoms with Crippen LogP contribution in [0.2, 0.25) is 0 Å². The van der Waals surface area contributed by atoms with Crippen LogP contribution in [0.15, 0.2) is 0 Å². The van der Waals surface area contributed by atoms with E-state index in [1.54, 1.807) is 0 Å². The van der Waals surface area contributed by atoms with Crippen molar-refractivity contribution >= 4 is 5.91 Å². The Morgan fingerprint density at radius 1 is 1.35 bits per heavy atom. The molecule has 5 nitrogen and oxygen atoms in total. The van der Waals surface area contributed by atoms with Crippen LogP contribution in [0.3, 0.4) is 0 Å². The molecule has 2 atom stereocenters. The first-order valence-electron chi connectivity index (χ1n) is 8.01. The molecule has 2 fully saturated rings. The number of amides is 1. The van der Waals surface area contributed by atoms with Gasteiger partial charge in [0.1, 0.15) is 5.54 Å². The molecule has 1 heterocycles. The number of piperazine rings is 1. The summed E-state index contributed by atoms with van der Waals surface area (Å²) in [6.07, 6.45) is 3.41. The second-order valence-electron chi connectivity index (χ2n) is 6.42. The molecule has 20 heavy (non-hydrogen) atoms. The van der Waals surface area contributed by atoms with Crippen molar-refractivity contribution < 1.29 is 4.79 Å². The molecule has 1 saturated carbocycles. The number of nitrogens with one attached hydrogen (secondary N) is 1. The fraction of sp³-hybridized carbons (Fsp3) is 0.933. The Morgan fingerprint density at radius 2 is 2.05 bits per heavy atom. The third kappa shape index (κ3) is 3.15. The van der Waals surface area contributed by atoms with Crippen LogP contribution in [0.1, 0.15) is 33.1 Å². The molecule has 0 spiro atoms. The first-order chi connectivity index (χ1) is 9.53. The maximum absolute atomic E-state index is 12.1. The summed E-state index contributed by atoms with van der Waals surface area (Å²) in [4.78, 5) is 17.0. The lowest BCUT2D eigenvalue weighted by Gasteiger charge is -2.43. The van der Waals surface area contributed by atoms with Crippen LogP contribution in [0.5, 0.6) is 0 Å². The molecule has 2 rings (SSSR count). The number of nitrogens with zero attached hydrogens (tertiary/aromatic N) is 2. The lowest BCUT2D eigenvalue weighted by atomic mass is 9.90. The second kappa shape index (κ2) is 6.41. The van der Waals surface area contributed by atoms with Gasteiger partial charge in [-0.15, -0.1) is 0 Å². The lowest BCUT2D eigenvalue weighted by molar-refractivity contribution is -0.126. The van der Waals surface area contributed by atoms with E-state index in [1.807, 2.05) is 0 Å². The summed E-state index contributed by atoms with van der Waals surface area (Å²) in [6.45, 7) is 9.00. The Kier molecular flexibility index (Phi) is 5.04. The Labute approximate surface area is 122 Å². The van der Waals surface area contributed by atoms with Crippen LogP contribution >= 0.6 is 0 Å². The minimum atomic E-state index is -0.511. The van der Waals surface area contributed by atoms with E-state index in [2.05, 4.69) is 36.0 Å². The van der Waals surface area contributed by atoms with Crippen molar-refractivity contribution in [3.63, 3.8) is 0 Å². The van der Waals surface area contributed by atoms with Gasteiger partial charge < -0.3 is 16.0 Å². The molecule has 3 N–H and O–H groups in total. The molecule has 116 valence electrons. The first-order valence-corrected chi connectivity index (χ1v) is 8.01. The van der Waals surface area contributed by atoms with Crippen LogP contribution < -0.4 is 11.1 Å². The molecule has 2 aliphatic rings. The third-order valence-electron chi connectivity index (χ3n) is 5.01. The summed E-state index contributed by atoms with van der Waals surface area (Å²) in [5.41, 5.74) is 5.26. The molecule has 0 radical (unpaired) electrons. The fourth-order valence-corrected chi connectivity index (χ4v) is 3.53. The van der Waals surface area contributed by atoms with E-state index in [0.29, 0.717) is 12.0 Å². The van der Waals surface area contributed by atoms with Gasteiger partial charge in [0, 0.05) is 32.2 Å². The molecule has 0 aromatic heterocycles. The smallest absolute Gasteiger partial charge is 0.239 e. The standard InChI is InChI=1S/C15H30N4O/c1-4-13-10-19(9-8-18(13)3)11-15(14(16)20,17-5-2)12-6-7-12/h12-13,17H,4-11H2,1-3H3,(H2,16,20). The van der Waals surface area contributed by atoms with E-state index in [0.717, 1.165) is 52.0 Å². The average Bonchev–Trinajstić information content (AvgIpc) is 3.24. The molecule has 2 unspecified atom stereocenters. The molecular formula is C15H30N4O. The van der Waals surface area contributed by atoms with E-state index in [-0.39, 0.29) is 5.91 Å². The third-order valence-corrected chi connectivity index (χ3v) is 5.01. The monoisotopic (exact) mass is 282 g/mol. The molecular weight excluding hydrogens is 252 g/mol. The highest BCUT2D eigenvalue weighted by atomic mass is 16.1. The van der Waals surface area contributed by atoms with Gasteiger partial charge in [-0.3, -0.25) is 9.69 Å². The summed E-state index contributed by atoms with van der Waals surface area (Å²) in [7, 11) is 2.19. The Hall–Kier alpha value is -0.650. The minimum Gasteiger partial charge on any atom is -0.368 e. The zero-order valence-corrected chi connectivity index (χ0v) is 13.2. The van der Waals surface area contributed by atoms with E-state index >= 15 is 0 Å². The van der Waals surface area contributed by atoms with Gasteiger partial charge >= 0.3 is 0 Å². The number of likely N-dealkylation sites (N-methyl/N-ethyl adjacent to an activating group) is 2. The Morgan fingerprint density at radius 3 is 2.55 bits per heavy atom. The Balaban J connectivity index is 2.06. The van der Waals surface area contributed by atoms with Crippen molar-refractivity contribution in [2.24, 2.45) is 11.7 Å². The highest BCUT2D eigenvalue weighted by Crippen LogP contribution is 2.40. The topological polar surface area (TPSA) is 61.6 Å². The number of nitrogens with two attached hydrogens (primary N) is 1. The van der Waals surface area contributed by atoms with Gasteiger partial charge in [-0.2, -0.15) is 0 Å². The van der Waals surface area contributed by atoms with Gasteiger partial charge in [0.15, 0.2) is 0 Å². The maximum atomic E-state index is 12.1. The number of rotatable bonds is 7. The fourth-order valence-electron chi connectivity index (χ4n) is 3.53. The summed E-state index contributed by atoms with van der Waals surface area (Å²) < 4.78 is 0. The van der Waals surface area contributed by atoms with E-state index in [1.165, 1.54) is 0 Å². The first kappa shape index (κ1) is 15.7. The van der Waals surface area contributed by atoms with Gasteiger partial charge in [-0.05, 0) is 38.8 Å². The molecule has 0 aromatic carbocycles. The molecule has 0 bridgehead atoms. The van der Waals surface area contributed by atoms with E-state index in [4.69, 9.17) is 5.73 Å². The minimum absolute atomic E-state index is 0.172. The van der Waals surface area contributed by atoms with Gasteiger partial charge in [-0.25, -0.2) is 0 Å². The van der Waals surface area contributed by atoms with Crippen molar-refractivity contribution in [1.29, 1.82) is 0 Å². The largest absolute Gasteiger partial charge is 0.368 e. The average molecular weight is 282 g/mol. The van der Waals surface area contributed by atoms with Crippen molar-refractivity contribution in [1.82, 2.24) is 15.1 Å². The van der Waals surface area contributed by atoms with Crippen molar-refractivity contribution in [2.75, 3.05) is 39.8 Å². The van der Waals surface area contributed by atoms with Crippen LogP contribution in [0, 0.1) is 5.92 Å². The SMILES string of the molecule is CCNC(CN1CCN(C)C(CC)C1)(C(N)=O)C1CC1. The number of primary amides is 1. The van der Waals surface area contributed by atoms with Gasteiger partial charge in [0.05, 0.1) is 0 Å². The van der Waals surface area contributed by atoms with Crippen LogP contribution in [0.4, 0.5) is 0 Å². The zero-order valence-electron chi connectivity index (χ0n) is 13.2. The number of carbonyl (C=O) groups excluding carboxylic acids is 1. The second-order valence-corrected chi connectivity index (χ2v) is 6.42. The van der Waals surface area contributed by atoms with Crippen molar-refractivity contribution in [3.05, 3.63) is 0 Å². The van der Waals surface area contributed by atoms with Gasteiger partial charge in [0.25, 0.3) is 0 Å². The van der Waals surface area contributed by atoms with Crippen LogP contribution in [-0.4, -0.2) is 67.1 Å². The molecule has 1 aliphatic heterocycles. The van der Waals surface area contributed by atoms with Crippen molar-refractivity contribution in [3.8, 4) is 0 Å². The van der Waals surface area contributed by atoms with E-state index in [9.17, 15) is 4.79 Å². The summed E-state index contributed by atoms with van der Waals surface area (Å²) in [5.74, 6) is 0.258. The van der Waals surface area contributed by atoms with Crippen LogP contribution in [-0.2, 0) is 4.79 Å². The number of hydrogen-bond acceptors (Lipinski definition) is 4. The summed E-state index contributed by atoms with van der Waals surface area (Å²) in [5, 5.41) is 3.42. The van der Waals surface area contributed by atoms with Crippen LogP contribution in [0.25, 0.3) is 0 Å². The molecule has 1 aliphatic carbocycles. The molecule has 1 saturated heterocycles. The highest BCUT2D eigenvalue weighted by Gasteiger charge is 2.50. The normalized spacial score (nSPS) is 28.2. The van der Waals surface area contributed by atoms with Crippen molar-refractivity contribution in [2.45, 2.75) is 44.7 Å². The quantitative estimate of drug-likeness (QED) is 0.703. The predicted molar refractivity (Wildman–Crippen MR) is 81.5 cm³/mol. The predicted octanol–water partition coefficient (Wildman–Crippen LogP) is 0.256. The highest BCUT2D eigenvalue weighted by molar-refractivity contribution is 5.86. The van der Waals surface area contributed by atoms with Gasteiger partial charge in [-0.1, -0.05) is 13.8 Å². The lowest BCUT2D eigenvalue weighted by Crippen LogP contribution is -2.65. The van der Waals surface area contributed by atoms with Gasteiger partial charge in [0.2, 0.25) is 5.91 Å². The molecule has 0 aromatic rings. The summed E-state index contributed by atoms with van der Waals surface area (Å²) >= 11 is 0.